The highest BCUT2D eigenvalue weighted by Gasteiger charge is 2.04. The Morgan fingerprint density at radius 1 is 1.40 bits per heavy atom. The second-order valence-electron chi connectivity index (χ2n) is 4.67. The molecular weight excluding hydrogens is 272 g/mol. The van der Waals surface area contributed by atoms with Crippen LogP contribution in [0, 0.1) is 6.92 Å². The first-order valence-electron chi connectivity index (χ1n) is 6.52. The fourth-order valence-electron chi connectivity index (χ4n) is 2.15. The predicted molar refractivity (Wildman–Crippen MR) is 80.2 cm³/mol. The molecule has 3 aromatic heterocycles. The van der Waals surface area contributed by atoms with E-state index in [-0.39, 0.29) is 5.56 Å². The lowest BCUT2D eigenvalue weighted by Gasteiger charge is -2.07. The normalized spacial score (nSPS) is 11.2. The van der Waals surface area contributed by atoms with Gasteiger partial charge in [0, 0.05) is 36.9 Å². The number of aromatic nitrogens is 3. The van der Waals surface area contributed by atoms with Crippen LogP contribution in [0.2, 0.25) is 0 Å². The van der Waals surface area contributed by atoms with E-state index in [1.807, 2.05) is 25.3 Å². The van der Waals surface area contributed by atoms with E-state index in [9.17, 15) is 4.79 Å². The predicted octanol–water partition coefficient (Wildman–Crippen LogP) is 1.66. The van der Waals surface area contributed by atoms with Crippen LogP contribution in [-0.4, -0.2) is 20.7 Å². The number of nitrogens with zero attached hydrogens (tertiary/aromatic N) is 3. The average Bonchev–Trinajstić information content (AvgIpc) is 3.06. The number of aryl methyl sites for hydroxylation is 1. The van der Waals surface area contributed by atoms with Crippen LogP contribution in [0.15, 0.2) is 40.8 Å². The maximum atomic E-state index is 12.2. The molecule has 3 aromatic rings. The summed E-state index contributed by atoms with van der Waals surface area (Å²) in [7, 11) is 0. The van der Waals surface area contributed by atoms with Crippen molar-refractivity contribution in [3.63, 3.8) is 0 Å². The molecule has 3 rings (SSSR count). The highest BCUT2D eigenvalue weighted by Crippen LogP contribution is 2.07. The van der Waals surface area contributed by atoms with Crippen molar-refractivity contribution in [1.29, 1.82) is 0 Å². The van der Waals surface area contributed by atoms with Gasteiger partial charge in [-0.15, -0.1) is 11.3 Å². The van der Waals surface area contributed by atoms with Crippen molar-refractivity contribution in [2.24, 2.45) is 0 Å². The molecule has 0 radical (unpaired) electrons. The molecule has 104 valence electrons. The smallest absolute Gasteiger partial charge is 0.276 e. The highest BCUT2D eigenvalue weighted by atomic mass is 32.1. The van der Waals surface area contributed by atoms with E-state index in [1.54, 1.807) is 26.6 Å². The molecule has 0 atom stereocenters. The van der Waals surface area contributed by atoms with Gasteiger partial charge in [0.2, 0.25) is 0 Å². The molecule has 3 heterocycles. The number of nitrogens with one attached hydrogen (secondary N) is 1. The third-order valence-electron chi connectivity index (χ3n) is 3.13. The van der Waals surface area contributed by atoms with Gasteiger partial charge in [0.25, 0.3) is 5.56 Å². The summed E-state index contributed by atoms with van der Waals surface area (Å²) in [6.45, 7) is 4.16. The Balaban J connectivity index is 1.65. The highest BCUT2D eigenvalue weighted by molar-refractivity contribution is 7.09. The van der Waals surface area contributed by atoms with E-state index >= 15 is 0 Å². The molecule has 0 saturated heterocycles. The van der Waals surface area contributed by atoms with Gasteiger partial charge in [-0.2, -0.15) is 5.10 Å². The van der Waals surface area contributed by atoms with Gasteiger partial charge in [0.15, 0.2) is 0 Å². The zero-order valence-electron chi connectivity index (χ0n) is 11.2. The largest absolute Gasteiger partial charge is 0.311 e. The third kappa shape index (κ3) is 2.66. The summed E-state index contributed by atoms with van der Waals surface area (Å²) in [5.74, 6) is 0. The molecule has 0 spiro atoms. The fraction of sp³-hybridized carbons (Fsp3) is 0.286. The number of thiophene rings is 1. The van der Waals surface area contributed by atoms with E-state index in [0.717, 1.165) is 18.8 Å². The maximum absolute atomic E-state index is 12.2. The molecule has 1 N–H and O–H groups in total. The second-order valence-corrected chi connectivity index (χ2v) is 5.70. The van der Waals surface area contributed by atoms with E-state index in [4.69, 9.17) is 0 Å². The zero-order valence-corrected chi connectivity index (χ0v) is 12.1. The van der Waals surface area contributed by atoms with Crippen molar-refractivity contribution in [3.8, 4) is 0 Å². The molecular formula is C14H16N4OS. The van der Waals surface area contributed by atoms with Crippen LogP contribution in [0.3, 0.4) is 0 Å². The average molecular weight is 288 g/mol. The van der Waals surface area contributed by atoms with Gasteiger partial charge in [0.05, 0.1) is 5.69 Å². The summed E-state index contributed by atoms with van der Waals surface area (Å²) in [5, 5.41) is 9.65. The van der Waals surface area contributed by atoms with Crippen molar-refractivity contribution < 1.29 is 0 Å². The van der Waals surface area contributed by atoms with Crippen LogP contribution >= 0.6 is 11.3 Å². The van der Waals surface area contributed by atoms with Gasteiger partial charge in [-0.05, 0) is 24.4 Å². The standard InChI is InChI=1S/C14H16N4OS/c1-11-9-13-14(19)17(6-7-18(13)16-11)5-4-15-10-12-3-2-8-20-12/h2-3,6-9,15H,4-5,10H2,1H3. The Kier molecular flexibility index (Phi) is 3.66. The number of rotatable bonds is 5. The monoisotopic (exact) mass is 288 g/mol. The summed E-state index contributed by atoms with van der Waals surface area (Å²) < 4.78 is 3.35. The molecule has 0 saturated carbocycles. The molecule has 0 bridgehead atoms. The summed E-state index contributed by atoms with van der Waals surface area (Å²) in [6, 6.07) is 5.96. The second kappa shape index (κ2) is 5.60. The number of fused-ring (bicyclic) bond motifs is 1. The lowest BCUT2D eigenvalue weighted by atomic mass is 10.4. The Morgan fingerprint density at radius 3 is 3.10 bits per heavy atom. The molecule has 0 aliphatic carbocycles. The fourth-order valence-corrected chi connectivity index (χ4v) is 2.82. The van der Waals surface area contributed by atoms with Gasteiger partial charge >= 0.3 is 0 Å². The molecule has 0 aromatic carbocycles. The van der Waals surface area contributed by atoms with Crippen molar-refractivity contribution in [3.05, 3.63) is 56.9 Å². The van der Waals surface area contributed by atoms with Crippen molar-refractivity contribution in [2.45, 2.75) is 20.0 Å². The van der Waals surface area contributed by atoms with Crippen LogP contribution in [0.25, 0.3) is 5.52 Å². The van der Waals surface area contributed by atoms with Crippen LogP contribution in [0.1, 0.15) is 10.6 Å². The lowest BCUT2D eigenvalue weighted by Crippen LogP contribution is -2.27. The molecule has 0 unspecified atom stereocenters. The molecule has 0 amide bonds. The molecule has 5 nitrogen and oxygen atoms in total. The van der Waals surface area contributed by atoms with Crippen molar-refractivity contribution in [1.82, 2.24) is 19.5 Å². The Bertz CT molecular complexity index is 757. The first-order chi connectivity index (χ1) is 9.74. The Labute approximate surface area is 120 Å². The maximum Gasteiger partial charge on any atom is 0.276 e. The minimum absolute atomic E-state index is 0.00558. The minimum Gasteiger partial charge on any atom is -0.311 e. The third-order valence-corrected chi connectivity index (χ3v) is 4.01. The summed E-state index contributed by atoms with van der Waals surface area (Å²) in [6.07, 6.45) is 3.61. The van der Waals surface area contributed by atoms with E-state index in [2.05, 4.69) is 21.9 Å². The number of hydrogen-bond donors (Lipinski definition) is 1. The van der Waals surface area contributed by atoms with Crippen molar-refractivity contribution in [2.75, 3.05) is 6.54 Å². The Hall–Kier alpha value is -1.92. The van der Waals surface area contributed by atoms with Crippen LogP contribution in [-0.2, 0) is 13.1 Å². The SMILES string of the molecule is Cc1cc2c(=O)n(CCNCc3cccs3)ccn2n1. The zero-order chi connectivity index (χ0) is 13.9. The first-order valence-corrected chi connectivity index (χ1v) is 7.40. The van der Waals surface area contributed by atoms with Crippen LogP contribution in [0.5, 0.6) is 0 Å². The van der Waals surface area contributed by atoms with Crippen LogP contribution < -0.4 is 10.9 Å². The topological polar surface area (TPSA) is 51.3 Å². The van der Waals surface area contributed by atoms with E-state index in [0.29, 0.717) is 12.1 Å². The molecule has 0 aliphatic heterocycles. The summed E-state index contributed by atoms with van der Waals surface area (Å²) in [4.78, 5) is 13.5. The van der Waals surface area contributed by atoms with Gasteiger partial charge in [-0.1, -0.05) is 6.07 Å². The summed E-state index contributed by atoms with van der Waals surface area (Å²) in [5.41, 5.74) is 1.49. The molecule has 0 aliphatic rings. The van der Waals surface area contributed by atoms with Gasteiger partial charge in [-0.25, -0.2) is 4.52 Å². The van der Waals surface area contributed by atoms with Crippen LogP contribution in [0.4, 0.5) is 0 Å². The van der Waals surface area contributed by atoms with Gasteiger partial charge in [-0.3, -0.25) is 4.79 Å². The quantitative estimate of drug-likeness (QED) is 0.726. The molecule has 6 heteroatoms. The van der Waals surface area contributed by atoms with E-state index < -0.39 is 0 Å². The van der Waals surface area contributed by atoms with Gasteiger partial charge in [0.1, 0.15) is 5.52 Å². The summed E-state index contributed by atoms with van der Waals surface area (Å²) >= 11 is 1.73. The molecule has 0 fully saturated rings. The lowest BCUT2D eigenvalue weighted by molar-refractivity contribution is 0.585. The minimum atomic E-state index is 0.00558. The Morgan fingerprint density at radius 2 is 2.30 bits per heavy atom. The van der Waals surface area contributed by atoms with E-state index in [1.165, 1.54) is 4.88 Å². The van der Waals surface area contributed by atoms with Gasteiger partial charge < -0.3 is 9.88 Å². The number of hydrogen-bond acceptors (Lipinski definition) is 4. The van der Waals surface area contributed by atoms with Crippen molar-refractivity contribution >= 4 is 16.9 Å². The first kappa shape index (κ1) is 13.1. The molecule has 20 heavy (non-hydrogen) atoms.